The monoisotopic (exact) mass is 254 g/mol. The predicted molar refractivity (Wildman–Crippen MR) is 71.4 cm³/mol. The van der Waals surface area contributed by atoms with Gasteiger partial charge in [0.25, 0.3) is 0 Å². The normalized spacial score (nSPS) is 24.1. The Kier molecular flexibility index (Phi) is 5.45. The molecule has 0 aromatic carbocycles. The van der Waals surface area contributed by atoms with E-state index < -0.39 is 0 Å². The molecule has 0 unspecified atom stereocenters. The molecule has 0 aromatic rings. The zero-order chi connectivity index (χ0) is 12.8. The molecule has 1 N–H and O–H groups in total. The van der Waals surface area contributed by atoms with Crippen LogP contribution in [0, 0.1) is 11.8 Å². The maximum absolute atomic E-state index is 11.6. The summed E-state index contributed by atoms with van der Waals surface area (Å²) < 4.78 is 5.10. The summed E-state index contributed by atoms with van der Waals surface area (Å²) in [6, 6.07) is 0. The quantitative estimate of drug-likeness (QED) is 0.767. The number of likely N-dealkylation sites (tertiary alicyclic amines) is 1. The number of hydrogen-bond acceptors (Lipinski definition) is 4. The molecule has 0 bridgehead atoms. The molecule has 4 heteroatoms. The lowest BCUT2D eigenvalue weighted by Crippen LogP contribution is -2.41. The summed E-state index contributed by atoms with van der Waals surface area (Å²) in [5, 5.41) is 3.41. The summed E-state index contributed by atoms with van der Waals surface area (Å²) in [6.07, 6.45) is 4.56. The van der Waals surface area contributed by atoms with Crippen molar-refractivity contribution >= 4 is 5.97 Å². The number of piperidine rings is 2. The van der Waals surface area contributed by atoms with E-state index in [2.05, 4.69) is 10.2 Å². The molecule has 0 aliphatic carbocycles. The number of rotatable bonds is 4. The molecular weight excluding hydrogens is 228 g/mol. The molecule has 0 aromatic heterocycles. The summed E-state index contributed by atoms with van der Waals surface area (Å²) in [4.78, 5) is 14.2. The van der Waals surface area contributed by atoms with Crippen molar-refractivity contribution in [3.05, 3.63) is 0 Å². The number of nitrogens with one attached hydrogen (secondary N) is 1. The van der Waals surface area contributed by atoms with Crippen molar-refractivity contribution in [3.8, 4) is 0 Å². The molecule has 0 radical (unpaired) electrons. The van der Waals surface area contributed by atoms with Crippen LogP contribution in [0.4, 0.5) is 0 Å². The van der Waals surface area contributed by atoms with Gasteiger partial charge in [0.05, 0.1) is 12.5 Å². The molecule has 2 heterocycles. The molecular formula is C14H26N2O2. The lowest BCUT2D eigenvalue weighted by molar-refractivity contribution is -0.149. The Morgan fingerprint density at radius 2 is 1.89 bits per heavy atom. The van der Waals surface area contributed by atoms with Gasteiger partial charge in [-0.25, -0.2) is 0 Å². The van der Waals surface area contributed by atoms with Gasteiger partial charge in [-0.1, -0.05) is 0 Å². The molecule has 2 aliphatic heterocycles. The topological polar surface area (TPSA) is 41.6 Å². The summed E-state index contributed by atoms with van der Waals surface area (Å²) in [5.41, 5.74) is 0. The lowest BCUT2D eigenvalue weighted by atomic mass is 9.93. The van der Waals surface area contributed by atoms with E-state index in [1.165, 1.54) is 32.5 Å². The zero-order valence-electron chi connectivity index (χ0n) is 11.5. The molecule has 104 valence electrons. The van der Waals surface area contributed by atoms with Gasteiger partial charge in [0.2, 0.25) is 0 Å². The average molecular weight is 254 g/mol. The molecule has 2 rings (SSSR count). The number of carbonyl (C=O) groups excluding carboxylic acids is 1. The van der Waals surface area contributed by atoms with E-state index in [9.17, 15) is 4.79 Å². The Hall–Kier alpha value is -0.610. The van der Waals surface area contributed by atoms with Crippen molar-refractivity contribution < 1.29 is 9.53 Å². The van der Waals surface area contributed by atoms with Gasteiger partial charge in [-0.15, -0.1) is 0 Å². The predicted octanol–water partition coefficient (Wildman–Crippen LogP) is 1.26. The number of esters is 1. The van der Waals surface area contributed by atoms with Crippen molar-refractivity contribution in [2.45, 2.75) is 32.6 Å². The fourth-order valence-electron chi connectivity index (χ4n) is 3.04. The number of ether oxygens (including phenoxy) is 1. The molecule has 2 saturated heterocycles. The van der Waals surface area contributed by atoms with Gasteiger partial charge < -0.3 is 15.0 Å². The van der Waals surface area contributed by atoms with Gasteiger partial charge in [-0.2, -0.15) is 0 Å². The second kappa shape index (κ2) is 7.10. The van der Waals surface area contributed by atoms with Crippen LogP contribution < -0.4 is 5.32 Å². The Morgan fingerprint density at radius 3 is 2.50 bits per heavy atom. The van der Waals surface area contributed by atoms with Crippen LogP contribution in [0.2, 0.25) is 0 Å². The summed E-state index contributed by atoms with van der Waals surface area (Å²) in [6.45, 7) is 8.07. The van der Waals surface area contributed by atoms with Gasteiger partial charge >= 0.3 is 5.97 Å². The number of carbonyl (C=O) groups is 1. The minimum Gasteiger partial charge on any atom is -0.466 e. The number of nitrogens with zero attached hydrogens (tertiary/aromatic N) is 1. The van der Waals surface area contributed by atoms with Crippen molar-refractivity contribution in [1.82, 2.24) is 10.2 Å². The van der Waals surface area contributed by atoms with Crippen molar-refractivity contribution in [2.75, 3.05) is 39.3 Å². The fraction of sp³-hybridized carbons (Fsp3) is 0.929. The zero-order valence-corrected chi connectivity index (χ0v) is 11.5. The molecule has 18 heavy (non-hydrogen) atoms. The van der Waals surface area contributed by atoms with E-state index in [0.717, 1.165) is 31.8 Å². The van der Waals surface area contributed by atoms with Crippen LogP contribution in [0.1, 0.15) is 32.6 Å². The third-order valence-corrected chi connectivity index (χ3v) is 4.18. The van der Waals surface area contributed by atoms with Gasteiger partial charge in [0, 0.05) is 6.54 Å². The summed E-state index contributed by atoms with van der Waals surface area (Å²) in [5.74, 6) is 1.01. The van der Waals surface area contributed by atoms with Crippen LogP contribution >= 0.6 is 0 Å². The van der Waals surface area contributed by atoms with Crippen molar-refractivity contribution in [1.29, 1.82) is 0 Å². The maximum atomic E-state index is 11.6. The Labute approximate surface area is 110 Å². The Bertz CT molecular complexity index is 257. The molecule has 2 fully saturated rings. The first-order chi connectivity index (χ1) is 8.79. The second-order valence-electron chi connectivity index (χ2n) is 5.52. The molecule has 4 nitrogen and oxygen atoms in total. The first kappa shape index (κ1) is 13.8. The van der Waals surface area contributed by atoms with Crippen molar-refractivity contribution in [3.63, 3.8) is 0 Å². The van der Waals surface area contributed by atoms with Crippen LogP contribution in [0.15, 0.2) is 0 Å². The third kappa shape index (κ3) is 3.95. The highest BCUT2D eigenvalue weighted by Gasteiger charge is 2.27. The standard InChI is InChI=1S/C14H26N2O2/c1-2-18-14(17)13-5-9-16(10-6-13)11-12-3-7-15-8-4-12/h12-13,15H,2-11H2,1H3. The minimum atomic E-state index is 0.0130. The maximum Gasteiger partial charge on any atom is 0.309 e. The van der Waals surface area contributed by atoms with Gasteiger partial charge in [0.15, 0.2) is 0 Å². The van der Waals surface area contributed by atoms with E-state index in [-0.39, 0.29) is 11.9 Å². The summed E-state index contributed by atoms with van der Waals surface area (Å²) >= 11 is 0. The highest BCUT2D eigenvalue weighted by atomic mass is 16.5. The van der Waals surface area contributed by atoms with Crippen molar-refractivity contribution in [2.24, 2.45) is 11.8 Å². The number of hydrogen-bond donors (Lipinski definition) is 1. The lowest BCUT2D eigenvalue weighted by Gasteiger charge is -2.34. The van der Waals surface area contributed by atoms with E-state index in [1.54, 1.807) is 0 Å². The van der Waals surface area contributed by atoms with E-state index in [0.29, 0.717) is 6.61 Å². The highest BCUT2D eigenvalue weighted by Crippen LogP contribution is 2.21. The first-order valence-corrected chi connectivity index (χ1v) is 7.39. The van der Waals surface area contributed by atoms with Gasteiger partial charge in [-0.3, -0.25) is 4.79 Å². The molecule has 2 aliphatic rings. The van der Waals surface area contributed by atoms with Gasteiger partial charge in [-0.05, 0) is 64.7 Å². The molecule has 0 spiro atoms. The Balaban J connectivity index is 1.68. The smallest absolute Gasteiger partial charge is 0.309 e. The molecule has 0 saturated carbocycles. The van der Waals surface area contributed by atoms with Crippen LogP contribution in [-0.4, -0.2) is 50.2 Å². The van der Waals surface area contributed by atoms with E-state index in [1.807, 2.05) is 6.92 Å². The van der Waals surface area contributed by atoms with Crippen LogP contribution in [0.3, 0.4) is 0 Å². The van der Waals surface area contributed by atoms with Gasteiger partial charge in [0.1, 0.15) is 0 Å². The SMILES string of the molecule is CCOC(=O)C1CCN(CC2CCNCC2)CC1. The highest BCUT2D eigenvalue weighted by molar-refractivity contribution is 5.72. The largest absolute Gasteiger partial charge is 0.466 e. The van der Waals surface area contributed by atoms with E-state index in [4.69, 9.17) is 4.74 Å². The van der Waals surface area contributed by atoms with Crippen LogP contribution in [-0.2, 0) is 9.53 Å². The van der Waals surface area contributed by atoms with Crippen LogP contribution in [0.5, 0.6) is 0 Å². The second-order valence-corrected chi connectivity index (χ2v) is 5.52. The Morgan fingerprint density at radius 1 is 1.22 bits per heavy atom. The molecule has 0 amide bonds. The van der Waals surface area contributed by atoms with Crippen LogP contribution in [0.25, 0.3) is 0 Å². The minimum absolute atomic E-state index is 0.0130. The first-order valence-electron chi connectivity index (χ1n) is 7.39. The fourth-order valence-corrected chi connectivity index (χ4v) is 3.04. The van der Waals surface area contributed by atoms with E-state index >= 15 is 0 Å². The average Bonchev–Trinajstić information content (AvgIpc) is 2.41. The molecule has 0 atom stereocenters. The third-order valence-electron chi connectivity index (χ3n) is 4.18. The summed E-state index contributed by atoms with van der Waals surface area (Å²) in [7, 11) is 0.